The van der Waals surface area contributed by atoms with Crippen molar-refractivity contribution in [3.63, 3.8) is 0 Å². The molecule has 0 aliphatic carbocycles. The second-order valence-electron chi connectivity index (χ2n) is 4.35. The van der Waals surface area contributed by atoms with E-state index in [2.05, 4.69) is 10.6 Å². The zero-order chi connectivity index (χ0) is 13.7. The SMILES string of the molecule is NC(=O)c1cccc(CNC(=O)C2CNCCO2)c1. The maximum atomic E-state index is 11.8. The van der Waals surface area contributed by atoms with Crippen LogP contribution in [0.1, 0.15) is 15.9 Å². The third kappa shape index (κ3) is 3.77. The predicted molar refractivity (Wildman–Crippen MR) is 69.4 cm³/mol. The Morgan fingerprint density at radius 2 is 2.32 bits per heavy atom. The highest BCUT2D eigenvalue weighted by molar-refractivity contribution is 5.92. The standard InChI is InChI=1S/C13H17N3O3/c14-12(17)10-3-1-2-9(6-10)7-16-13(18)11-8-15-4-5-19-11/h1-3,6,11,15H,4-5,7-8H2,(H2,14,17)(H,16,18). The number of nitrogens with one attached hydrogen (secondary N) is 2. The van der Waals surface area contributed by atoms with Crippen molar-refractivity contribution in [2.24, 2.45) is 5.73 Å². The van der Waals surface area contributed by atoms with Crippen LogP contribution >= 0.6 is 0 Å². The molecule has 0 bridgehead atoms. The number of morpholine rings is 1. The summed E-state index contributed by atoms with van der Waals surface area (Å²) in [5.41, 5.74) is 6.46. The molecule has 102 valence electrons. The molecule has 1 aromatic rings. The fraction of sp³-hybridized carbons (Fsp3) is 0.385. The van der Waals surface area contributed by atoms with E-state index in [9.17, 15) is 9.59 Å². The number of ether oxygens (including phenoxy) is 1. The number of amides is 2. The molecule has 0 saturated carbocycles. The van der Waals surface area contributed by atoms with Gasteiger partial charge in [0.25, 0.3) is 5.91 Å². The largest absolute Gasteiger partial charge is 0.366 e. The molecular weight excluding hydrogens is 246 g/mol. The number of benzene rings is 1. The Labute approximate surface area is 111 Å². The van der Waals surface area contributed by atoms with Gasteiger partial charge in [0.15, 0.2) is 0 Å². The first-order valence-corrected chi connectivity index (χ1v) is 6.15. The Morgan fingerprint density at radius 1 is 1.47 bits per heavy atom. The van der Waals surface area contributed by atoms with Crippen molar-refractivity contribution in [2.75, 3.05) is 19.7 Å². The zero-order valence-corrected chi connectivity index (χ0v) is 10.5. The quantitative estimate of drug-likeness (QED) is 0.675. The number of primary amides is 1. The highest BCUT2D eigenvalue weighted by Crippen LogP contribution is 2.05. The van der Waals surface area contributed by atoms with Crippen LogP contribution in [0, 0.1) is 0 Å². The lowest BCUT2D eigenvalue weighted by molar-refractivity contribution is -0.134. The molecule has 19 heavy (non-hydrogen) atoms. The maximum Gasteiger partial charge on any atom is 0.250 e. The van der Waals surface area contributed by atoms with Crippen molar-refractivity contribution in [3.05, 3.63) is 35.4 Å². The molecule has 1 fully saturated rings. The summed E-state index contributed by atoms with van der Waals surface area (Å²) in [6.07, 6.45) is -0.451. The van der Waals surface area contributed by atoms with Gasteiger partial charge in [-0.15, -0.1) is 0 Å². The predicted octanol–water partition coefficient (Wildman–Crippen LogP) is -0.610. The number of hydrogen-bond donors (Lipinski definition) is 3. The monoisotopic (exact) mass is 263 g/mol. The third-order valence-corrected chi connectivity index (χ3v) is 2.90. The molecule has 2 amide bonds. The van der Waals surface area contributed by atoms with E-state index in [0.717, 1.165) is 12.1 Å². The first-order chi connectivity index (χ1) is 9.16. The van der Waals surface area contributed by atoms with Crippen molar-refractivity contribution in [1.29, 1.82) is 0 Å². The van der Waals surface area contributed by atoms with Gasteiger partial charge in [0.2, 0.25) is 5.91 Å². The first-order valence-electron chi connectivity index (χ1n) is 6.15. The topological polar surface area (TPSA) is 93.5 Å². The van der Waals surface area contributed by atoms with Gasteiger partial charge in [-0.05, 0) is 17.7 Å². The van der Waals surface area contributed by atoms with Gasteiger partial charge in [0.1, 0.15) is 6.10 Å². The first kappa shape index (κ1) is 13.5. The van der Waals surface area contributed by atoms with Crippen molar-refractivity contribution < 1.29 is 14.3 Å². The Kier molecular flexibility index (Phi) is 4.48. The van der Waals surface area contributed by atoms with E-state index in [1.807, 2.05) is 6.07 Å². The van der Waals surface area contributed by atoms with Crippen LogP contribution in [0.4, 0.5) is 0 Å². The van der Waals surface area contributed by atoms with Gasteiger partial charge in [0.05, 0.1) is 6.61 Å². The Morgan fingerprint density at radius 3 is 3.00 bits per heavy atom. The fourth-order valence-corrected chi connectivity index (χ4v) is 1.87. The average Bonchev–Trinajstić information content (AvgIpc) is 2.46. The second kappa shape index (κ2) is 6.31. The molecule has 4 N–H and O–H groups in total. The number of nitrogens with two attached hydrogens (primary N) is 1. The Balaban J connectivity index is 1.89. The smallest absolute Gasteiger partial charge is 0.250 e. The molecule has 1 unspecified atom stereocenters. The van der Waals surface area contributed by atoms with E-state index in [1.165, 1.54) is 0 Å². The van der Waals surface area contributed by atoms with Crippen molar-refractivity contribution >= 4 is 11.8 Å². The Hall–Kier alpha value is -1.92. The van der Waals surface area contributed by atoms with Crippen molar-refractivity contribution in [1.82, 2.24) is 10.6 Å². The van der Waals surface area contributed by atoms with Gasteiger partial charge in [-0.25, -0.2) is 0 Å². The molecule has 1 saturated heterocycles. The summed E-state index contributed by atoms with van der Waals surface area (Å²) in [6.45, 7) is 2.17. The lowest BCUT2D eigenvalue weighted by Gasteiger charge is -2.22. The molecule has 0 radical (unpaired) electrons. The van der Waals surface area contributed by atoms with Crippen LogP contribution in [0.25, 0.3) is 0 Å². The highest BCUT2D eigenvalue weighted by Gasteiger charge is 2.21. The van der Waals surface area contributed by atoms with Gasteiger partial charge in [0, 0.05) is 25.2 Å². The van der Waals surface area contributed by atoms with E-state index in [-0.39, 0.29) is 5.91 Å². The summed E-state index contributed by atoms with van der Waals surface area (Å²) in [5, 5.41) is 5.87. The van der Waals surface area contributed by atoms with E-state index in [0.29, 0.717) is 25.3 Å². The molecule has 1 atom stereocenters. The van der Waals surface area contributed by atoms with Gasteiger partial charge < -0.3 is 21.1 Å². The molecule has 6 heteroatoms. The van der Waals surface area contributed by atoms with Crippen molar-refractivity contribution in [2.45, 2.75) is 12.6 Å². The molecule has 1 aliphatic rings. The number of carbonyl (C=O) groups excluding carboxylic acids is 2. The summed E-state index contributed by atoms with van der Waals surface area (Å²) in [4.78, 5) is 22.9. The fourth-order valence-electron chi connectivity index (χ4n) is 1.87. The normalized spacial score (nSPS) is 18.8. The van der Waals surface area contributed by atoms with Gasteiger partial charge in [-0.2, -0.15) is 0 Å². The number of carbonyl (C=O) groups is 2. The number of rotatable bonds is 4. The highest BCUT2D eigenvalue weighted by atomic mass is 16.5. The maximum absolute atomic E-state index is 11.8. The minimum absolute atomic E-state index is 0.156. The van der Waals surface area contributed by atoms with Gasteiger partial charge in [-0.1, -0.05) is 12.1 Å². The van der Waals surface area contributed by atoms with Crippen LogP contribution in [0.2, 0.25) is 0 Å². The minimum Gasteiger partial charge on any atom is -0.366 e. The van der Waals surface area contributed by atoms with E-state index >= 15 is 0 Å². The average molecular weight is 263 g/mol. The molecular formula is C13H17N3O3. The lowest BCUT2D eigenvalue weighted by atomic mass is 10.1. The van der Waals surface area contributed by atoms with E-state index in [4.69, 9.17) is 10.5 Å². The van der Waals surface area contributed by atoms with Crippen molar-refractivity contribution in [3.8, 4) is 0 Å². The van der Waals surface area contributed by atoms with Crippen LogP contribution in [0.5, 0.6) is 0 Å². The minimum atomic E-state index is -0.479. The molecule has 1 aromatic carbocycles. The molecule has 0 spiro atoms. The lowest BCUT2D eigenvalue weighted by Crippen LogP contribution is -2.47. The molecule has 6 nitrogen and oxygen atoms in total. The van der Waals surface area contributed by atoms with Crippen LogP contribution in [0.15, 0.2) is 24.3 Å². The summed E-state index contributed by atoms with van der Waals surface area (Å²) in [7, 11) is 0. The molecule has 1 heterocycles. The summed E-state index contributed by atoms with van der Waals surface area (Å²) in [6, 6.07) is 6.87. The second-order valence-corrected chi connectivity index (χ2v) is 4.35. The molecule has 2 rings (SSSR count). The van der Waals surface area contributed by atoms with Crippen LogP contribution in [0.3, 0.4) is 0 Å². The molecule has 0 aromatic heterocycles. The molecule has 1 aliphatic heterocycles. The number of hydrogen-bond acceptors (Lipinski definition) is 4. The van der Waals surface area contributed by atoms with E-state index < -0.39 is 12.0 Å². The Bertz CT molecular complexity index is 470. The zero-order valence-electron chi connectivity index (χ0n) is 10.5. The summed E-state index contributed by atoms with van der Waals surface area (Å²) in [5.74, 6) is -0.635. The van der Waals surface area contributed by atoms with Gasteiger partial charge in [-0.3, -0.25) is 9.59 Å². The van der Waals surface area contributed by atoms with Crippen LogP contribution < -0.4 is 16.4 Å². The van der Waals surface area contributed by atoms with Gasteiger partial charge >= 0.3 is 0 Å². The summed E-state index contributed by atoms with van der Waals surface area (Å²) >= 11 is 0. The van der Waals surface area contributed by atoms with Crippen LogP contribution in [-0.2, 0) is 16.1 Å². The van der Waals surface area contributed by atoms with Crippen LogP contribution in [-0.4, -0.2) is 37.6 Å². The van der Waals surface area contributed by atoms with E-state index in [1.54, 1.807) is 18.2 Å². The summed E-state index contributed by atoms with van der Waals surface area (Å²) < 4.78 is 5.34. The third-order valence-electron chi connectivity index (χ3n) is 2.90.